The van der Waals surface area contributed by atoms with Gasteiger partial charge in [-0.3, -0.25) is 0 Å². The van der Waals surface area contributed by atoms with Crippen LogP contribution in [0.2, 0.25) is 0 Å². The lowest BCUT2D eigenvalue weighted by atomic mass is 10.1. The number of ether oxygens (including phenoxy) is 2. The molecule has 0 bridgehead atoms. The van der Waals surface area contributed by atoms with Crippen molar-refractivity contribution < 1.29 is 27.0 Å². The van der Waals surface area contributed by atoms with Crippen LogP contribution in [0.1, 0.15) is 5.69 Å². The Hall–Kier alpha value is -3.23. The summed E-state index contributed by atoms with van der Waals surface area (Å²) in [5.74, 6) is -0.141. The van der Waals surface area contributed by atoms with Crippen molar-refractivity contribution in [3.05, 3.63) is 60.6 Å². The van der Waals surface area contributed by atoms with Crippen LogP contribution in [0.15, 0.2) is 49.1 Å². The zero-order valence-corrected chi connectivity index (χ0v) is 13.3. The number of hydrogen-bond donors (Lipinski definition) is 0. The molecule has 2 aromatic heterocycles. The summed E-state index contributed by atoms with van der Waals surface area (Å²) in [4.78, 5) is 11.2. The minimum Gasteiger partial charge on any atom is -0.496 e. The molecule has 0 saturated carbocycles. The highest BCUT2D eigenvalue weighted by atomic mass is 19.4. The van der Waals surface area contributed by atoms with Crippen molar-refractivity contribution in [1.82, 2.24) is 15.0 Å². The Labute approximate surface area is 145 Å². The van der Waals surface area contributed by atoms with Gasteiger partial charge in [-0.25, -0.2) is 19.3 Å². The van der Waals surface area contributed by atoms with E-state index in [1.54, 1.807) is 0 Å². The Morgan fingerprint density at radius 2 is 1.77 bits per heavy atom. The molecular weight excluding hydrogens is 354 g/mol. The number of nitrogens with zero attached hydrogens (tertiary/aromatic N) is 3. The molecule has 0 amide bonds. The fraction of sp³-hybridized carbons (Fsp3) is 0.118. The molecule has 0 atom stereocenters. The molecule has 9 heteroatoms. The molecule has 0 aliphatic rings. The standard InChI is InChI=1S/C17H11F4N3O2/c1-25-14-6-10(18)2-4-12(14)13-8-22-9-24-16(13)26-11-3-5-15(23-7-11)17(19,20)21/h2-9H,1H3. The Morgan fingerprint density at radius 3 is 2.42 bits per heavy atom. The van der Waals surface area contributed by atoms with Gasteiger partial charge in [-0.15, -0.1) is 0 Å². The lowest BCUT2D eigenvalue weighted by molar-refractivity contribution is -0.141. The largest absolute Gasteiger partial charge is 0.496 e. The minimum absolute atomic E-state index is 0.0547. The van der Waals surface area contributed by atoms with Crippen molar-refractivity contribution in [2.45, 2.75) is 6.18 Å². The van der Waals surface area contributed by atoms with Crippen LogP contribution >= 0.6 is 0 Å². The number of benzene rings is 1. The third-order valence-electron chi connectivity index (χ3n) is 3.37. The molecule has 0 unspecified atom stereocenters. The molecule has 5 nitrogen and oxygen atoms in total. The van der Waals surface area contributed by atoms with E-state index < -0.39 is 17.7 Å². The van der Waals surface area contributed by atoms with Crippen LogP contribution in [0, 0.1) is 5.82 Å². The molecule has 3 aromatic rings. The molecule has 1 aromatic carbocycles. The van der Waals surface area contributed by atoms with Gasteiger partial charge in [0.15, 0.2) is 0 Å². The quantitative estimate of drug-likeness (QED) is 0.638. The molecule has 0 fully saturated rings. The Bertz CT molecular complexity index is 915. The van der Waals surface area contributed by atoms with Crippen LogP contribution in [-0.2, 0) is 6.18 Å². The summed E-state index contributed by atoms with van der Waals surface area (Å²) >= 11 is 0. The zero-order chi connectivity index (χ0) is 18.7. The first-order chi connectivity index (χ1) is 12.4. The first-order valence-corrected chi connectivity index (χ1v) is 7.23. The summed E-state index contributed by atoms with van der Waals surface area (Å²) in [5, 5.41) is 0. The van der Waals surface area contributed by atoms with Crippen molar-refractivity contribution in [2.24, 2.45) is 0 Å². The summed E-state index contributed by atoms with van der Waals surface area (Å²) in [6, 6.07) is 5.81. The second-order valence-electron chi connectivity index (χ2n) is 5.07. The number of pyridine rings is 1. The third-order valence-corrected chi connectivity index (χ3v) is 3.37. The van der Waals surface area contributed by atoms with E-state index in [1.807, 2.05) is 0 Å². The van der Waals surface area contributed by atoms with Crippen LogP contribution in [0.4, 0.5) is 17.6 Å². The molecule has 3 rings (SSSR count). The Morgan fingerprint density at radius 1 is 0.962 bits per heavy atom. The highest BCUT2D eigenvalue weighted by molar-refractivity contribution is 5.74. The van der Waals surface area contributed by atoms with Gasteiger partial charge in [0.2, 0.25) is 5.88 Å². The lowest BCUT2D eigenvalue weighted by Gasteiger charge is -2.13. The number of hydrogen-bond acceptors (Lipinski definition) is 5. The average molecular weight is 365 g/mol. The third kappa shape index (κ3) is 3.71. The normalized spacial score (nSPS) is 11.3. The van der Waals surface area contributed by atoms with Gasteiger partial charge in [0.05, 0.1) is 18.9 Å². The maximum atomic E-state index is 13.4. The SMILES string of the molecule is COc1cc(F)ccc1-c1cncnc1Oc1ccc(C(F)(F)F)nc1. The van der Waals surface area contributed by atoms with Crippen LogP contribution in [0.25, 0.3) is 11.1 Å². The molecule has 0 N–H and O–H groups in total. The summed E-state index contributed by atoms with van der Waals surface area (Å²) in [5.41, 5.74) is -0.193. The second-order valence-corrected chi connectivity index (χ2v) is 5.07. The van der Waals surface area contributed by atoms with Crippen molar-refractivity contribution in [3.63, 3.8) is 0 Å². The predicted molar refractivity (Wildman–Crippen MR) is 83.3 cm³/mol. The lowest BCUT2D eigenvalue weighted by Crippen LogP contribution is -2.07. The maximum absolute atomic E-state index is 13.4. The highest BCUT2D eigenvalue weighted by Gasteiger charge is 2.32. The average Bonchev–Trinajstić information content (AvgIpc) is 2.62. The number of aromatic nitrogens is 3. The Kier molecular flexibility index (Phi) is 4.70. The van der Waals surface area contributed by atoms with Gasteiger partial charge >= 0.3 is 6.18 Å². The van der Waals surface area contributed by atoms with Gasteiger partial charge in [-0.1, -0.05) is 0 Å². The van der Waals surface area contributed by atoms with Crippen LogP contribution in [0.5, 0.6) is 17.4 Å². The molecule has 0 aliphatic heterocycles. The van der Waals surface area contributed by atoms with Gasteiger partial charge in [-0.2, -0.15) is 13.2 Å². The molecule has 2 heterocycles. The smallest absolute Gasteiger partial charge is 0.433 e. The summed E-state index contributed by atoms with van der Waals surface area (Å²) in [6.45, 7) is 0. The predicted octanol–water partition coefficient (Wildman–Crippen LogP) is 4.50. The van der Waals surface area contributed by atoms with E-state index in [9.17, 15) is 17.6 Å². The van der Waals surface area contributed by atoms with Gasteiger partial charge in [0.25, 0.3) is 0 Å². The van der Waals surface area contributed by atoms with E-state index in [1.165, 1.54) is 37.8 Å². The van der Waals surface area contributed by atoms with Crippen LogP contribution in [0.3, 0.4) is 0 Å². The van der Waals surface area contributed by atoms with Crippen molar-refractivity contribution in [3.8, 4) is 28.5 Å². The summed E-state index contributed by atoms with van der Waals surface area (Å²) in [7, 11) is 1.38. The fourth-order valence-electron chi connectivity index (χ4n) is 2.19. The highest BCUT2D eigenvalue weighted by Crippen LogP contribution is 2.37. The maximum Gasteiger partial charge on any atom is 0.433 e. The number of rotatable bonds is 4. The van der Waals surface area contributed by atoms with Crippen molar-refractivity contribution >= 4 is 0 Å². The van der Waals surface area contributed by atoms with E-state index >= 15 is 0 Å². The van der Waals surface area contributed by atoms with E-state index in [0.29, 0.717) is 11.1 Å². The molecule has 0 aliphatic carbocycles. The van der Waals surface area contributed by atoms with E-state index in [0.717, 1.165) is 18.3 Å². The zero-order valence-electron chi connectivity index (χ0n) is 13.3. The molecule has 0 saturated heterocycles. The molecule has 26 heavy (non-hydrogen) atoms. The first kappa shape index (κ1) is 17.6. The monoisotopic (exact) mass is 365 g/mol. The first-order valence-electron chi connectivity index (χ1n) is 7.23. The molecule has 0 spiro atoms. The fourth-order valence-corrected chi connectivity index (χ4v) is 2.19. The van der Waals surface area contributed by atoms with Crippen molar-refractivity contribution in [2.75, 3.05) is 7.11 Å². The number of methoxy groups -OCH3 is 1. The molecule has 0 radical (unpaired) electrons. The summed E-state index contributed by atoms with van der Waals surface area (Å²) < 4.78 is 61.8. The number of alkyl halides is 3. The number of halogens is 4. The Balaban J connectivity index is 1.96. The van der Waals surface area contributed by atoms with Crippen molar-refractivity contribution in [1.29, 1.82) is 0 Å². The molecular formula is C17H11F4N3O2. The van der Waals surface area contributed by atoms with Gasteiger partial charge in [0, 0.05) is 17.8 Å². The van der Waals surface area contributed by atoms with Crippen LogP contribution in [-0.4, -0.2) is 22.1 Å². The van der Waals surface area contributed by atoms with E-state index in [4.69, 9.17) is 9.47 Å². The van der Waals surface area contributed by atoms with E-state index in [-0.39, 0.29) is 17.4 Å². The van der Waals surface area contributed by atoms with Crippen LogP contribution < -0.4 is 9.47 Å². The van der Waals surface area contributed by atoms with Gasteiger partial charge in [-0.05, 0) is 24.3 Å². The topological polar surface area (TPSA) is 57.1 Å². The second kappa shape index (κ2) is 6.95. The van der Waals surface area contributed by atoms with E-state index in [2.05, 4.69) is 15.0 Å². The minimum atomic E-state index is -4.54. The summed E-state index contributed by atoms with van der Waals surface area (Å²) in [6.07, 6.45) is -0.960. The van der Waals surface area contributed by atoms with Gasteiger partial charge in [0.1, 0.15) is 29.3 Å². The molecule has 134 valence electrons. The van der Waals surface area contributed by atoms with Gasteiger partial charge < -0.3 is 9.47 Å².